The molecule has 1 saturated carbocycles. The zero-order chi connectivity index (χ0) is 10.2. The number of rotatable bonds is 3. The molecule has 0 amide bonds. The summed E-state index contributed by atoms with van der Waals surface area (Å²) in [4.78, 5) is 22.2. The van der Waals surface area contributed by atoms with Crippen LogP contribution in [0.25, 0.3) is 0 Å². The highest BCUT2D eigenvalue weighted by Gasteiger charge is 2.64. The molecule has 3 nitrogen and oxygen atoms in total. The van der Waals surface area contributed by atoms with Crippen molar-refractivity contribution < 1.29 is 14.3 Å². The fourth-order valence-electron chi connectivity index (χ4n) is 1.98. The molecule has 0 aliphatic heterocycles. The second kappa shape index (κ2) is 3.13. The van der Waals surface area contributed by atoms with Crippen LogP contribution in [-0.4, -0.2) is 17.4 Å². The number of esters is 1. The van der Waals surface area contributed by atoms with E-state index in [4.69, 9.17) is 4.74 Å². The quantitative estimate of drug-likeness (QED) is 0.625. The van der Waals surface area contributed by atoms with Crippen molar-refractivity contribution in [3.8, 4) is 0 Å². The summed E-state index contributed by atoms with van der Waals surface area (Å²) in [6.07, 6.45) is 0.520. The summed E-state index contributed by atoms with van der Waals surface area (Å²) in [7, 11) is 0. The third kappa shape index (κ3) is 1.60. The molecule has 1 fully saturated rings. The molecule has 0 aromatic rings. The van der Waals surface area contributed by atoms with Gasteiger partial charge in [0.05, 0.1) is 5.92 Å². The van der Waals surface area contributed by atoms with Gasteiger partial charge in [0, 0.05) is 19.3 Å². The Morgan fingerprint density at radius 2 is 2.00 bits per heavy atom. The first-order chi connectivity index (χ1) is 5.93. The third-order valence-corrected chi connectivity index (χ3v) is 2.97. The Kier molecular flexibility index (Phi) is 2.46. The first-order valence-electron chi connectivity index (χ1n) is 4.65. The molecule has 1 aliphatic carbocycles. The Balaban J connectivity index is 2.64. The number of hydrogen-bond donors (Lipinski definition) is 0. The Bertz CT molecular complexity index is 247. The summed E-state index contributed by atoms with van der Waals surface area (Å²) >= 11 is 0. The number of Topliss-reactive ketones (excluding diaryl/α,β-unsaturated/α-hetero) is 1. The van der Waals surface area contributed by atoms with Crippen LogP contribution in [0.1, 0.15) is 34.1 Å². The predicted octanol–water partition coefficient (Wildman–Crippen LogP) is 1.55. The van der Waals surface area contributed by atoms with Gasteiger partial charge in [0.1, 0.15) is 11.4 Å². The lowest BCUT2D eigenvalue weighted by molar-refractivity contribution is -0.149. The van der Waals surface area contributed by atoms with Crippen LogP contribution in [0.3, 0.4) is 0 Å². The maximum Gasteiger partial charge on any atom is 0.303 e. The van der Waals surface area contributed by atoms with Crippen LogP contribution in [0.2, 0.25) is 0 Å². The van der Waals surface area contributed by atoms with Crippen molar-refractivity contribution in [1.29, 1.82) is 0 Å². The van der Waals surface area contributed by atoms with Gasteiger partial charge in [-0.15, -0.1) is 0 Å². The summed E-state index contributed by atoms with van der Waals surface area (Å²) in [5, 5.41) is 0. The van der Waals surface area contributed by atoms with E-state index >= 15 is 0 Å². The third-order valence-electron chi connectivity index (χ3n) is 2.97. The lowest BCUT2D eigenvalue weighted by atomic mass is 10.1. The van der Waals surface area contributed by atoms with Crippen molar-refractivity contribution in [2.45, 2.75) is 39.7 Å². The molecule has 0 saturated heterocycles. The molecule has 0 spiro atoms. The number of hydrogen-bond acceptors (Lipinski definition) is 3. The van der Waals surface area contributed by atoms with Crippen molar-refractivity contribution in [3.63, 3.8) is 0 Å². The van der Waals surface area contributed by atoms with Crippen molar-refractivity contribution in [2.75, 3.05) is 0 Å². The van der Waals surface area contributed by atoms with Gasteiger partial charge >= 0.3 is 5.97 Å². The maximum absolute atomic E-state index is 11.4. The van der Waals surface area contributed by atoms with Gasteiger partial charge in [-0.2, -0.15) is 0 Å². The van der Waals surface area contributed by atoms with Crippen molar-refractivity contribution in [1.82, 2.24) is 0 Å². The highest BCUT2D eigenvalue weighted by molar-refractivity contribution is 5.86. The number of ether oxygens (including phenoxy) is 1. The minimum atomic E-state index is -0.529. The van der Waals surface area contributed by atoms with Gasteiger partial charge < -0.3 is 4.74 Å². The van der Waals surface area contributed by atoms with E-state index < -0.39 is 5.60 Å². The van der Waals surface area contributed by atoms with E-state index in [-0.39, 0.29) is 23.6 Å². The van der Waals surface area contributed by atoms with E-state index in [2.05, 4.69) is 0 Å². The summed E-state index contributed by atoms with van der Waals surface area (Å²) in [5.41, 5.74) is -0.529. The average molecular weight is 184 g/mol. The van der Waals surface area contributed by atoms with Gasteiger partial charge in [0.2, 0.25) is 0 Å². The summed E-state index contributed by atoms with van der Waals surface area (Å²) < 4.78 is 5.14. The molecule has 74 valence electrons. The standard InChI is InChI=1S/C10H16O3/c1-5-8(12)9-6(2)10(9,4)13-7(3)11/h6,9H,5H2,1-4H3. The van der Waals surface area contributed by atoms with E-state index in [1.54, 1.807) is 0 Å². The number of carbonyl (C=O) groups excluding carboxylic acids is 2. The highest BCUT2D eigenvalue weighted by Crippen LogP contribution is 2.53. The van der Waals surface area contributed by atoms with E-state index in [9.17, 15) is 9.59 Å². The molecule has 3 heteroatoms. The first-order valence-corrected chi connectivity index (χ1v) is 4.65. The Hall–Kier alpha value is -0.860. The monoisotopic (exact) mass is 184 g/mol. The average Bonchev–Trinajstić information content (AvgIpc) is 2.51. The van der Waals surface area contributed by atoms with Crippen LogP contribution in [0.15, 0.2) is 0 Å². The minimum absolute atomic E-state index is 0.0820. The van der Waals surface area contributed by atoms with Crippen molar-refractivity contribution in [2.24, 2.45) is 11.8 Å². The van der Waals surface area contributed by atoms with E-state index in [0.717, 1.165) is 0 Å². The molecule has 3 unspecified atom stereocenters. The lowest BCUT2D eigenvalue weighted by Gasteiger charge is -2.11. The molecule has 0 aromatic carbocycles. The molecule has 0 heterocycles. The minimum Gasteiger partial charge on any atom is -0.458 e. The van der Waals surface area contributed by atoms with Crippen LogP contribution in [0.4, 0.5) is 0 Å². The fraction of sp³-hybridized carbons (Fsp3) is 0.800. The lowest BCUT2D eigenvalue weighted by Crippen LogP contribution is -2.20. The SMILES string of the molecule is CCC(=O)C1C(C)C1(C)OC(C)=O. The normalized spacial score (nSPS) is 36.9. The second-order valence-corrected chi connectivity index (χ2v) is 3.86. The fourth-order valence-corrected chi connectivity index (χ4v) is 1.98. The topological polar surface area (TPSA) is 43.4 Å². The molecular formula is C10H16O3. The van der Waals surface area contributed by atoms with E-state index in [1.807, 2.05) is 20.8 Å². The van der Waals surface area contributed by atoms with Gasteiger partial charge in [-0.05, 0) is 6.92 Å². The summed E-state index contributed by atoms with van der Waals surface area (Å²) in [6.45, 7) is 6.99. The summed E-state index contributed by atoms with van der Waals surface area (Å²) in [6, 6.07) is 0. The zero-order valence-corrected chi connectivity index (χ0v) is 8.59. The van der Waals surface area contributed by atoms with Gasteiger partial charge in [-0.3, -0.25) is 9.59 Å². The molecule has 13 heavy (non-hydrogen) atoms. The van der Waals surface area contributed by atoms with Crippen molar-refractivity contribution >= 4 is 11.8 Å². The molecule has 1 aliphatic rings. The largest absolute Gasteiger partial charge is 0.458 e. The maximum atomic E-state index is 11.4. The van der Waals surface area contributed by atoms with E-state index in [0.29, 0.717) is 6.42 Å². The smallest absolute Gasteiger partial charge is 0.303 e. The Labute approximate surface area is 78.5 Å². The highest BCUT2D eigenvalue weighted by atomic mass is 16.6. The first kappa shape index (κ1) is 10.2. The zero-order valence-electron chi connectivity index (χ0n) is 8.59. The van der Waals surface area contributed by atoms with Crippen LogP contribution in [-0.2, 0) is 14.3 Å². The van der Waals surface area contributed by atoms with E-state index in [1.165, 1.54) is 6.92 Å². The molecule has 1 rings (SSSR count). The Morgan fingerprint density at radius 3 is 2.38 bits per heavy atom. The van der Waals surface area contributed by atoms with Gasteiger partial charge in [-0.1, -0.05) is 13.8 Å². The van der Waals surface area contributed by atoms with Gasteiger partial charge in [0.15, 0.2) is 0 Å². The number of carbonyl (C=O) groups is 2. The second-order valence-electron chi connectivity index (χ2n) is 3.86. The molecular weight excluding hydrogens is 168 g/mol. The number of ketones is 1. The van der Waals surface area contributed by atoms with Crippen LogP contribution in [0, 0.1) is 11.8 Å². The molecule has 3 atom stereocenters. The van der Waals surface area contributed by atoms with Crippen molar-refractivity contribution in [3.05, 3.63) is 0 Å². The molecule has 0 radical (unpaired) electrons. The Morgan fingerprint density at radius 1 is 1.46 bits per heavy atom. The molecule has 0 aromatic heterocycles. The van der Waals surface area contributed by atoms with Crippen LogP contribution >= 0.6 is 0 Å². The van der Waals surface area contributed by atoms with Crippen LogP contribution in [0.5, 0.6) is 0 Å². The molecule has 0 N–H and O–H groups in total. The van der Waals surface area contributed by atoms with Crippen LogP contribution < -0.4 is 0 Å². The molecule has 0 bridgehead atoms. The predicted molar refractivity (Wildman–Crippen MR) is 48.1 cm³/mol. The van der Waals surface area contributed by atoms with Gasteiger partial charge in [0.25, 0.3) is 0 Å². The van der Waals surface area contributed by atoms with Gasteiger partial charge in [-0.25, -0.2) is 0 Å². The summed E-state index contributed by atoms with van der Waals surface area (Å²) in [5.74, 6) is -0.0257.